The Kier molecular flexibility index (Phi) is 4.77. The van der Waals surface area contributed by atoms with Crippen molar-refractivity contribution in [3.63, 3.8) is 0 Å². The number of nitrogens with zero attached hydrogens (tertiary/aromatic N) is 1. The summed E-state index contributed by atoms with van der Waals surface area (Å²) in [6, 6.07) is 24.5. The van der Waals surface area contributed by atoms with Crippen molar-refractivity contribution in [2.75, 3.05) is 0 Å². The Morgan fingerprint density at radius 3 is 2.35 bits per heavy atom. The quantitative estimate of drug-likeness (QED) is 0.328. The number of carbonyl (C=O) groups is 1. The summed E-state index contributed by atoms with van der Waals surface area (Å²) in [5, 5.41) is 7.43. The largest absolute Gasteiger partial charge is 0.354 e. The van der Waals surface area contributed by atoms with Gasteiger partial charge in [-0.25, -0.2) is 8.42 Å². The van der Waals surface area contributed by atoms with E-state index in [-0.39, 0.29) is 21.2 Å². The summed E-state index contributed by atoms with van der Waals surface area (Å²) in [6.07, 6.45) is 0. The summed E-state index contributed by atoms with van der Waals surface area (Å²) in [4.78, 5) is 13.4. The Hall–Kier alpha value is -3.55. The van der Waals surface area contributed by atoms with E-state index in [0.717, 1.165) is 10.8 Å². The molecular weight excluding hydrogens is 430 g/mol. The maximum Gasteiger partial charge on any atom is 0.226 e. The van der Waals surface area contributed by atoms with Gasteiger partial charge in [-0.1, -0.05) is 71.9 Å². The van der Waals surface area contributed by atoms with Gasteiger partial charge in [-0.3, -0.25) is 4.79 Å². The average molecular weight is 446 g/mol. The molecule has 0 amide bonds. The van der Waals surface area contributed by atoms with Gasteiger partial charge in [0.2, 0.25) is 15.6 Å². The van der Waals surface area contributed by atoms with Crippen LogP contribution in [0, 0.1) is 0 Å². The zero-order valence-electron chi connectivity index (χ0n) is 16.1. The van der Waals surface area contributed by atoms with Crippen molar-refractivity contribution in [2.24, 2.45) is 0 Å². The van der Waals surface area contributed by atoms with Gasteiger partial charge in [-0.15, -0.1) is 11.3 Å². The highest BCUT2D eigenvalue weighted by atomic mass is 32.2. The van der Waals surface area contributed by atoms with E-state index in [9.17, 15) is 13.2 Å². The topological polar surface area (TPSA) is 77.2 Å². The first kappa shape index (κ1) is 19.4. The number of fused-ring (bicyclic) bond motifs is 1. The summed E-state index contributed by atoms with van der Waals surface area (Å²) < 4.78 is 32.9. The van der Waals surface area contributed by atoms with E-state index in [1.165, 1.54) is 23.5 Å². The Morgan fingerprint density at radius 1 is 0.839 bits per heavy atom. The van der Waals surface area contributed by atoms with Crippen molar-refractivity contribution in [3.05, 3.63) is 101 Å². The van der Waals surface area contributed by atoms with Gasteiger partial charge in [-0.05, 0) is 34.4 Å². The van der Waals surface area contributed by atoms with Crippen LogP contribution in [0.15, 0.2) is 105 Å². The van der Waals surface area contributed by atoms with Gasteiger partial charge in [0.05, 0.1) is 9.77 Å². The molecule has 2 heterocycles. The number of hydrogen-bond acceptors (Lipinski definition) is 6. The van der Waals surface area contributed by atoms with Gasteiger partial charge in [0.25, 0.3) is 0 Å². The maximum absolute atomic E-state index is 13.7. The molecule has 3 aromatic carbocycles. The van der Waals surface area contributed by atoms with Crippen LogP contribution in [0.5, 0.6) is 0 Å². The fourth-order valence-corrected chi connectivity index (χ4v) is 5.70. The molecule has 152 valence electrons. The van der Waals surface area contributed by atoms with Crippen molar-refractivity contribution in [1.82, 2.24) is 5.16 Å². The highest BCUT2D eigenvalue weighted by Crippen LogP contribution is 2.38. The molecule has 0 bridgehead atoms. The Bertz CT molecular complexity index is 1500. The Balaban J connectivity index is 1.82. The van der Waals surface area contributed by atoms with E-state index in [1.807, 2.05) is 36.4 Å². The Morgan fingerprint density at radius 2 is 1.58 bits per heavy atom. The lowest BCUT2D eigenvalue weighted by Gasteiger charge is -2.08. The molecule has 5 rings (SSSR count). The number of ketones is 1. The van der Waals surface area contributed by atoms with Crippen LogP contribution in [0.3, 0.4) is 0 Å². The summed E-state index contributed by atoms with van der Waals surface area (Å²) in [5.41, 5.74) is 0.347. The van der Waals surface area contributed by atoms with Crippen molar-refractivity contribution in [3.8, 4) is 11.3 Å². The minimum Gasteiger partial charge on any atom is -0.354 e. The minimum atomic E-state index is -4.08. The molecule has 0 spiro atoms. The number of benzene rings is 3. The second kappa shape index (κ2) is 7.61. The number of thiophene rings is 1. The lowest BCUT2D eigenvalue weighted by Crippen LogP contribution is -2.10. The van der Waals surface area contributed by atoms with Gasteiger partial charge >= 0.3 is 0 Å². The summed E-state index contributed by atoms with van der Waals surface area (Å²) in [5.74, 6) is -0.430. The molecule has 0 radical (unpaired) electrons. The van der Waals surface area contributed by atoms with Crippen LogP contribution in [0.2, 0.25) is 0 Å². The third-order valence-electron chi connectivity index (χ3n) is 4.97. The molecule has 0 atom stereocenters. The van der Waals surface area contributed by atoms with Crippen molar-refractivity contribution in [1.29, 1.82) is 0 Å². The number of hydrogen-bond donors (Lipinski definition) is 0. The van der Waals surface area contributed by atoms with Gasteiger partial charge < -0.3 is 4.52 Å². The first-order valence-electron chi connectivity index (χ1n) is 9.43. The maximum atomic E-state index is 13.7. The molecule has 2 aromatic heterocycles. The van der Waals surface area contributed by atoms with E-state index in [1.54, 1.807) is 41.8 Å². The van der Waals surface area contributed by atoms with Crippen LogP contribution in [0.25, 0.3) is 22.1 Å². The molecule has 31 heavy (non-hydrogen) atoms. The first-order valence-corrected chi connectivity index (χ1v) is 11.8. The average Bonchev–Trinajstić information content (AvgIpc) is 3.49. The molecular formula is C24H15NO4S2. The minimum absolute atomic E-state index is 0.0561. The predicted molar refractivity (Wildman–Crippen MR) is 119 cm³/mol. The number of sulfone groups is 1. The molecule has 0 aliphatic rings. The van der Waals surface area contributed by atoms with E-state index < -0.39 is 15.6 Å². The van der Waals surface area contributed by atoms with E-state index in [4.69, 9.17) is 4.52 Å². The number of rotatable bonds is 5. The first-order chi connectivity index (χ1) is 15.1. The van der Waals surface area contributed by atoms with Gasteiger partial charge in [0, 0.05) is 5.56 Å². The summed E-state index contributed by atoms with van der Waals surface area (Å²) >= 11 is 1.22. The van der Waals surface area contributed by atoms with E-state index in [2.05, 4.69) is 5.16 Å². The highest BCUT2D eigenvalue weighted by molar-refractivity contribution is 7.91. The van der Waals surface area contributed by atoms with Crippen LogP contribution in [-0.4, -0.2) is 19.4 Å². The number of aromatic nitrogens is 1. The zero-order chi connectivity index (χ0) is 21.4. The van der Waals surface area contributed by atoms with Crippen molar-refractivity contribution in [2.45, 2.75) is 9.79 Å². The van der Waals surface area contributed by atoms with Crippen LogP contribution in [-0.2, 0) is 9.84 Å². The second-order valence-corrected chi connectivity index (χ2v) is 9.67. The molecule has 0 fully saturated rings. The number of carbonyl (C=O) groups excluding carboxylic acids is 1. The fraction of sp³-hybridized carbons (Fsp3) is 0. The van der Waals surface area contributed by atoms with Crippen LogP contribution in [0.4, 0.5) is 0 Å². The van der Waals surface area contributed by atoms with Crippen molar-refractivity contribution < 1.29 is 17.7 Å². The SMILES string of the molecule is O=C(c1cccs1)c1noc(-c2cccc3ccccc23)c1S(=O)(=O)c1ccccc1. The zero-order valence-corrected chi connectivity index (χ0v) is 17.7. The summed E-state index contributed by atoms with van der Waals surface area (Å²) in [7, 11) is -4.08. The molecule has 0 aliphatic carbocycles. The molecule has 0 N–H and O–H groups in total. The molecule has 0 saturated heterocycles. The smallest absolute Gasteiger partial charge is 0.226 e. The highest BCUT2D eigenvalue weighted by Gasteiger charge is 2.35. The Labute approximate surface area is 182 Å². The molecule has 0 unspecified atom stereocenters. The molecule has 5 aromatic rings. The van der Waals surface area contributed by atoms with Gasteiger partial charge in [0.15, 0.2) is 16.3 Å². The second-order valence-electron chi connectivity index (χ2n) is 6.84. The normalized spacial score (nSPS) is 11.6. The monoisotopic (exact) mass is 445 g/mol. The van der Waals surface area contributed by atoms with E-state index >= 15 is 0 Å². The van der Waals surface area contributed by atoms with Crippen LogP contribution < -0.4 is 0 Å². The molecule has 0 saturated carbocycles. The molecule has 7 heteroatoms. The molecule has 0 aliphatic heterocycles. The predicted octanol–water partition coefficient (Wildman–Crippen LogP) is 5.62. The van der Waals surface area contributed by atoms with Crippen LogP contribution >= 0.6 is 11.3 Å². The molecule has 5 nitrogen and oxygen atoms in total. The van der Waals surface area contributed by atoms with Crippen molar-refractivity contribution >= 4 is 37.7 Å². The van der Waals surface area contributed by atoms with Crippen LogP contribution in [0.1, 0.15) is 15.4 Å². The lowest BCUT2D eigenvalue weighted by molar-refractivity contribution is 0.103. The van der Waals surface area contributed by atoms with E-state index in [0.29, 0.717) is 10.4 Å². The standard InChI is InChI=1S/C24H15NO4S2/c26-22(20-14-7-15-30-20)21-24(31(27,28)17-10-2-1-3-11-17)23(29-25-21)19-13-6-9-16-8-4-5-12-18(16)19/h1-15H. The fourth-order valence-electron chi connectivity index (χ4n) is 3.51. The van der Waals surface area contributed by atoms with Gasteiger partial charge in [-0.2, -0.15) is 0 Å². The third-order valence-corrected chi connectivity index (χ3v) is 7.64. The summed E-state index contributed by atoms with van der Waals surface area (Å²) in [6.45, 7) is 0. The van der Waals surface area contributed by atoms with Gasteiger partial charge in [0.1, 0.15) is 0 Å². The lowest BCUT2D eigenvalue weighted by atomic mass is 10.0. The third kappa shape index (κ3) is 3.28.